The van der Waals surface area contributed by atoms with Crippen LogP contribution in [-0.2, 0) is 0 Å². The Kier molecular flexibility index (Phi) is 3.29. The van der Waals surface area contributed by atoms with E-state index in [-0.39, 0.29) is 5.91 Å². The molecule has 1 aliphatic rings. The first kappa shape index (κ1) is 11.2. The Morgan fingerprint density at radius 1 is 1.62 bits per heavy atom. The zero-order valence-electron chi connectivity index (χ0n) is 9.82. The molecule has 16 heavy (non-hydrogen) atoms. The van der Waals surface area contributed by atoms with Gasteiger partial charge in [-0.15, -0.1) is 0 Å². The Balaban J connectivity index is 2.13. The molecule has 0 aliphatic carbocycles. The molecule has 1 saturated heterocycles. The molecule has 4 nitrogen and oxygen atoms in total. The number of aryl methyl sites for hydroxylation is 1. The fourth-order valence-electron chi connectivity index (χ4n) is 1.91. The summed E-state index contributed by atoms with van der Waals surface area (Å²) in [6.07, 6.45) is 2.55. The first-order valence-corrected chi connectivity index (χ1v) is 5.79. The second kappa shape index (κ2) is 4.70. The Morgan fingerprint density at radius 2 is 2.38 bits per heavy atom. The van der Waals surface area contributed by atoms with Crippen LogP contribution in [0, 0.1) is 6.92 Å². The summed E-state index contributed by atoms with van der Waals surface area (Å²) in [7, 11) is 0. The monoisotopic (exact) mass is 222 g/mol. The van der Waals surface area contributed by atoms with Gasteiger partial charge < -0.3 is 14.6 Å². The zero-order valence-corrected chi connectivity index (χ0v) is 9.82. The molecule has 0 atom stereocenters. The van der Waals surface area contributed by atoms with E-state index in [4.69, 9.17) is 4.42 Å². The van der Waals surface area contributed by atoms with Gasteiger partial charge in [0.05, 0.1) is 12.3 Å². The molecule has 2 rings (SSSR count). The van der Waals surface area contributed by atoms with Crippen LogP contribution in [0.5, 0.6) is 0 Å². The molecule has 0 bridgehead atoms. The maximum Gasteiger partial charge on any atom is 0.290 e. The largest absolute Gasteiger partial charge is 0.459 e. The standard InChI is InChI=1S/C12H18N2O2/c1-3-5-14(10-7-13-8-10)12(15)11-9(2)4-6-16-11/h4,6,10,13H,3,5,7-8H2,1-2H3. The van der Waals surface area contributed by atoms with E-state index in [0.717, 1.165) is 31.6 Å². The van der Waals surface area contributed by atoms with Gasteiger partial charge in [-0.05, 0) is 19.4 Å². The van der Waals surface area contributed by atoms with Crippen LogP contribution in [0.1, 0.15) is 29.5 Å². The molecular weight excluding hydrogens is 204 g/mol. The van der Waals surface area contributed by atoms with Gasteiger partial charge in [0.1, 0.15) is 0 Å². The number of furan rings is 1. The quantitative estimate of drug-likeness (QED) is 0.837. The molecule has 0 saturated carbocycles. The summed E-state index contributed by atoms with van der Waals surface area (Å²) in [4.78, 5) is 14.2. The second-order valence-electron chi connectivity index (χ2n) is 4.24. The predicted octanol–water partition coefficient (Wildman–Crippen LogP) is 1.41. The maximum atomic E-state index is 12.3. The lowest BCUT2D eigenvalue weighted by Gasteiger charge is -2.37. The molecule has 1 aliphatic heterocycles. The average Bonchev–Trinajstić information content (AvgIpc) is 2.60. The van der Waals surface area contributed by atoms with Crippen LogP contribution in [0.4, 0.5) is 0 Å². The summed E-state index contributed by atoms with van der Waals surface area (Å²) in [5.74, 6) is 0.510. The minimum absolute atomic E-state index is 0.0239. The molecule has 0 spiro atoms. The van der Waals surface area contributed by atoms with Crippen molar-refractivity contribution >= 4 is 5.91 Å². The van der Waals surface area contributed by atoms with Crippen LogP contribution in [-0.4, -0.2) is 36.5 Å². The topological polar surface area (TPSA) is 45.5 Å². The highest BCUT2D eigenvalue weighted by Gasteiger charge is 2.30. The van der Waals surface area contributed by atoms with Gasteiger partial charge in [0.15, 0.2) is 5.76 Å². The van der Waals surface area contributed by atoms with Gasteiger partial charge in [-0.2, -0.15) is 0 Å². The van der Waals surface area contributed by atoms with Crippen molar-refractivity contribution in [3.05, 3.63) is 23.7 Å². The van der Waals surface area contributed by atoms with E-state index in [1.54, 1.807) is 6.26 Å². The molecule has 1 fully saturated rings. The lowest BCUT2D eigenvalue weighted by atomic mass is 10.1. The van der Waals surface area contributed by atoms with Gasteiger partial charge in [-0.3, -0.25) is 4.79 Å². The summed E-state index contributed by atoms with van der Waals surface area (Å²) < 4.78 is 5.26. The smallest absolute Gasteiger partial charge is 0.290 e. The molecule has 1 aromatic heterocycles. The predicted molar refractivity (Wildman–Crippen MR) is 61.4 cm³/mol. The fraction of sp³-hybridized carbons (Fsp3) is 0.583. The summed E-state index contributed by atoms with van der Waals surface area (Å²) in [6.45, 7) is 6.57. The van der Waals surface area contributed by atoms with Crippen LogP contribution >= 0.6 is 0 Å². The number of nitrogens with zero attached hydrogens (tertiary/aromatic N) is 1. The Bertz CT molecular complexity index is 369. The number of amides is 1. The molecule has 1 N–H and O–H groups in total. The van der Waals surface area contributed by atoms with Crippen molar-refractivity contribution in [1.82, 2.24) is 10.2 Å². The van der Waals surface area contributed by atoms with E-state index < -0.39 is 0 Å². The lowest BCUT2D eigenvalue weighted by Crippen LogP contribution is -2.59. The molecule has 4 heteroatoms. The van der Waals surface area contributed by atoms with Crippen molar-refractivity contribution in [2.45, 2.75) is 26.3 Å². The third kappa shape index (κ3) is 1.97. The summed E-state index contributed by atoms with van der Waals surface area (Å²) in [5.41, 5.74) is 0.915. The third-order valence-electron chi connectivity index (χ3n) is 2.98. The Morgan fingerprint density at radius 3 is 2.81 bits per heavy atom. The van der Waals surface area contributed by atoms with Crippen molar-refractivity contribution in [1.29, 1.82) is 0 Å². The molecule has 0 aromatic carbocycles. The van der Waals surface area contributed by atoms with E-state index in [1.165, 1.54) is 0 Å². The molecule has 88 valence electrons. The highest BCUT2D eigenvalue weighted by molar-refractivity contribution is 5.93. The highest BCUT2D eigenvalue weighted by Crippen LogP contribution is 2.16. The van der Waals surface area contributed by atoms with Gasteiger partial charge in [0.25, 0.3) is 5.91 Å². The van der Waals surface area contributed by atoms with Crippen LogP contribution in [0.25, 0.3) is 0 Å². The van der Waals surface area contributed by atoms with E-state index >= 15 is 0 Å². The highest BCUT2D eigenvalue weighted by atomic mass is 16.3. The second-order valence-corrected chi connectivity index (χ2v) is 4.24. The fourth-order valence-corrected chi connectivity index (χ4v) is 1.91. The van der Waals surface area contributed by atoms with Crippen LogP contribution in [0.2, 0.25) is 0 Å². The van der Waals surface area contributed by atoms with E-state index in [0.29, 0.717) is 11.8 Å². The van der Waals surface area contributed by atoms with Crippen molar-refractivity contribution in [3.8, 4) is 0 Å². The zero-order chi connectivity index (χ0) is 11.5. The van der Waals surface area contributed by atoms with Gasteiger partial charge in [-0.25, -0.2) is 0 Å². The van der Waals surface area contributed by atoms with E-state index in [1.807, 2.05) is 17.9 Å². The lowest BCUT2D eigenvalue weighted by molar-refractivity contribution is 0.0582. The molecule has 1 amide bonds. The van der Waals surface area contributed by atoms with Gasteiger partial charge in [0.2, 0.25) is 0 Å². The van der Waals surface area contributed by atoms with Crippen molar-refractivity contribution in [2.24, 2.45) is 0 Å². The van der Waals surface area contributed by atoms with Gasteiger partial charge in [0, 0.05) is 25.2 Å². The minimum atomic E-state index is 0.0239. The number of rotatable bonds is 4. The molecule has 2 heterocycles. The first-order valence-electron chi connectivity index (χ1n) is 5.79. The summed E-state index contributed by atoms with van der Waals surface area (Å²) in [5, 5.41) is 3.19. The Hall–Kier alpha value is -1.29. The SMILES string of the molecule is CCCN(C(=O)c1occc1C)C1CNC1. The number of carbonyl (C=O) groups excluding carboxylic acids is 1. The van der Waals surface area contributed by atoms with Crippen LogP contribution < -0.4 is 5.32 Å². The van der Waals surface area contributed by atoms with Gasteiger partial charge >= 0.3 is 0 Å². The van der Waals surface area contributed by atoms with Crippen LogP contribution in [0.15, 0.2) is 16.7 Å². The first-order chi connectivity index (χ1) is 7.74. The Labute approximate surface area is 95.6 Å². The van der Waals surface area contributed by atoms with E-state index in [2.05, 4.69) is 12.2 Å². The summed E-state index contributed by atoms with van der Waals surface area (Å²) >= 11 is 0. The minimum Gasteiger partial charge on any atom is -0.459 e. The van der Waals surface area contributed by atoms with Crippen molar-refractivity contribution < 1.29 is 9.21 Å². The molecule has 0 unspecified atom stereocenters. The van der Waals surface area contributed by atoms with Crippen molar-refractivity contribution in [2.75, 3.05) is 19.6 Å². The number of nitrogens with one attached hydrogen (secondary N) is 1. The van der Waals surface area contributed by atoms with Crippen LogP contribution in [0.3, 0.4) is 0 Å². The molecular formula is C12H18N2O2. The van der Waals surface area contributed by atoms with E-state index in [9.17, 15) is 4.79 Å². The van der Waals surface area contributed by atoms with Gasteiger partial charge in [-0.1, -0.05) is 6.92 Å². The summed E-state index contributed by atoms with van der Waals surface area (Å²) in [6, 6.07) is 2.16. The molecule has 0 radical (unpaired) electrons. The normalized spacial score (nSPS) is 15.9. The molecule has 1 aromatic rings. The average molecular weight is 222 g/mol. The number of hydrogen-bond acceptors (Lipinski definition) is 3. The van der Waals surface area contributed by atoms with Crippen molar-refractivity contribution in [3.63, 3.8) is 0 Å². The number of hydrogen-bond donors (Lipinski definition) is 1. The maximum absolute atomic E-state index is 12.3. The third-order valence-corrected chi connectivity index (χ3v) is 2.98. The number of carbonyl (C=O) groups is 1.